The number of aliphatic hydroxyl groups excluding tert-OH is 4. The summed E-state index contributed by atoms with van der Waals surface area (Å²) in [5, 5.41) is 39.9. The van der Waals surface area contributed by atoms with Crippen LogP contribution in [0.2, 0.25) is 0 Å². The summed E-state index contributed by atoms with van der Waals surface area (Å²) in [6.45, 7) is 0.601. The van der Waals surface area contributed by atoms with Gasteiger partial charge in [-0.3, -0.25) is 0 Å². The second kappa shape index (κ2) is 11.2. The van der Waals surface area contributed by atoms with E-state index in [2.05, 4.69) is 5.32 Å². The number of benzene rings is 1. The standard InChI is InChI=1S/C17H23NO9/c1-10(18-17(25)27-8-11-5-3-2-4-6-11)16(24)26-9-13(21)15(23)14(22)12(20)7-19/h2-7,10,12-15,20-23H,8-9H2,1H3,(H,18,25)/t10-,12-,13+,14+,15+/m0/s1. The van der Waals surface area contributed by atoms with Crippen LogP contribution in [0, 0.1) is 0 Å². The fraction of sp³-hybridized carbons (Fsp3) is 0.471. The molecule has 5 atom stereocenters. The third-order valence-electron chi connectivity index (χ3n) is 3.53. The summed E-state index contributed by atoms with van der Waals surface area (Å²) in [5.74, 6) is -0.927. The topological polar surface area (TPSA) is 163 Å². The van der Waals surface area contributed by atoms with Crippen LogP contribution in [0.5, 0.6) is 0 Å². The monoisotopic (exact) mass is 385 g/mol. The lowest BCUT2D eigenvalue weighted by atomic mass is 10.0. The van der Waals surface area contributed by atoms with E-state index in [-0.39, 0.29) is 12.9 Å². The molecule has 0 unspecified atom stereocenters. The van der Waals surface area contributed by atoms with Crippen LogP contribution in [0.3, 0.4) is 0 Å². The zero-order chi connectivity index (χ0) is 20.4. The van der Waals surface area contributed by atoms with E-state index >= 15 is 0 Å². The van der Waals surface area contributed by atoms with Crippen molar-refractivity contribution in [1.29, 1.82) is 0 Å². The first-order chi connectivity index (χ1) is 12.8. The zero-order valence-corrected chi connectivity index (χ0v) is 14.6. The van der Waals surface area contributed by atoms with Crippen LogP contribution >= 0.6 is 0 Å². The molecule has 1 rings (SSSR count). The third-order valence-corrected chi connectivity index (χ3v) is 3.53. The molecular weight excluding hydrogens is 362 g/mol. The van der Waals surface area contributed by atoms with Gasteiger partial charge in [-0.2, -0.15) is 0 Å². The fourth-order valence-electron chi connectivity index (χ4n) is 1.90. The Balaban J connectivity index is 2.36. The Morgan fingerprint density at radius 2 is 1.70 bits per heavy atom. The average Bonchev–Trinajstić information content (AvgIpc) is 2.68. The second-order valence-electron chi connectivity index (χ2n) is 5.73. The Kier molecular flexibility index (Phi) is 9.37. The first-order valence-electron chi connectivity index (χ1n) is 8.07. The number of hydrogen-bond acceptors (Lipinski definition) is 9. The molecule has 1 aromatic carbocycles. The molecule has 10 heteroatoms. The molecule has 10 nitrogen and oxygen atoms in total. The molecule has 1 amide bonds. The van der Waals surface area contributed by atoms with E-state index in [1.165, 1.54) is 6.92 Å². The molecule has 0 aliphatic rings. The van der Waals surface area contributed by atoms with E-state index in [0.29, 0.717) is 0 Å². The SMILES string of the molecule is C[C@H](NC(=O)OCc1ccccc1)C(=O)OC[C@@H](O)[C@@H](O)[C@H](O)[C@@H](O)C=O. The highest BCUT2D eigenvalue weighted by Crippen LogP contribution is 2.05. The van der Waals surface area contributed by atoms with Gasteiger partial charge < -0.3 is 40.0 Å². The maximum Gasteiger partial charge on any atom is 0.408 e. The lowest BCUT2D eigenvalue weighted by molar-refractivity contribution is -0.157. The number of esters is 1. The van der Waals surface area contributed by atoms with Gasteiger partial charge in [0.15, 0.2) is 6.29 Å². The maximum absolute atomic E-state index is 11.8. The van der Waals surface area contributed by atoms with Gasteiger partial charge in [0.25, 0.3) is 0 Å². The van der Waals surface area contributed by atoms with Crippen molar-refractivity contribution in [2.24, 2.45) is 0 Å². The first-order valence-corrected chi connectivity index (χ1v) is 8.07. The first kappa shape index (κ1) is 22.5. The van der Waals surface area contributed by atoms with Crippen molar-refractivity contribution < 1.29 is 44.3 Å². The molecule has 5 N–H and O–H groups in total. The summed E-state index contributed by atoms with van der Waals surface area (Å²) in [4.78, 5) is 33.8. The van der Waals surface area contributed by atoms with Crippen LogP contribution in [0.15, 0.2) is 30.3 Å². The average molecular weight is 385 g/mol. The number of aliphatic hydroxyl groups is 4. The van der Waals surface area contributed by atoms with Gasteiger partial charge in [-0.1, -0.05) is 30.3 Å². The van der Waals surface area contributed by atoms with Crippen molar-refractivity contribution in [3.8, 4) is 0 Å². The van der Waals surface area contributed by atoms with Crippen LogP contribution in [0.1, 0.15) is 12.5 Å². The normalized spacial score (nSPS) is 16.3. The summed E-state index contributed by atoms with van der Waals surface area (Å²) < 4.78 is 9.66. The minimum atomic E-state index is -1.94. The van der Waals surface area contributed by atoms with Crippen molar-refractivity contribution in [2.75, 3.05) is 6.61 Å². The number of rotatable bonds is 10. The molecule has 0 radical (unpaired) electrons. The lowest BCUT2D eigenvalue weighted by Gasteiger charge is -2.24. The Morgan fingerprint density at radius 3 is 2.30 bits per heavy atom. The van der Waals surface area contributed by atoms with Gasteiger partial charge >= 0.3 is 12.1 Å². The van der Waals surface area contributed by atoms with Gasteiger partial charge in [-0.15, -0.1) is 0 Å². The molecule has 150 valence electrons. The number of amides is 1. The van der Waals surface area contributed by atoms with Crippen LogP contribution in [-0.2, 0) is 25.7 Å². The van der Waals surface area contributed by atoms with E-state index < -0.39 is 49.1 Å². The van der Waals surface area contributed by atoms with Gasteiger partial charge in [0.2, 0.25) is 0 Å². The molecule has 0 bridgehead atoms. The van der Waals surface area contributed by atoms with E-state index in [4.69, 9.17) is 14.6 Å². The van der Waals surface area contributed by atoms with E-state index in [9.17, 15) is 29.7 Å². The fourth-order valence-corrected chi connectivity index (χ4v) is 1.90. The molecule has 0 aromatic heterocycles. The van der Waals surface area contributed by atoms with Gasteiger partial charge in [-0.05, 0) is 12.5 Å². The van der Waals surface area contributed by atoms with E-state index in [1.807, 2.05) is 6.07 Å². The predicted octanol–water partition coefficient (Wildman–Crippen LogP) is -1.51. The maximum atomic E-state index is 11.8. The molecule has 1 aromatic rings. The molecular formula is C17H23NO9. The molecule has 0 saturated heterocycles. The van der Waals surface area contributed by atoms with Crippen molar-refractivity contribution in [1.82, 2.24) is 5.32 Å². The van der Waals surface area contributed by atoms with Crippen molar-refractivity contribution in [3.05, 3.63) is 35.9 Å². The van der Waals surface area contributed by atoms with Gasteiger partial charge in [0, 0.05) is 0 Å². The van der Waals surface area contributed by atoms with Gasteiger partial charge in [0.1, 0.15) is 43.7 Å². The third kappa shape index (κ3) is 7.71. The second-order valence-corrected chi connectivity index (χ2v) is 5.73. The Bertz CT molecular complexity index is 610. The quantitative estimate of drug-likeness (QED) is 0.238. The van der Waals surface area contributed by atoms with Crippen LogP contribution in [0.4, 0.5) is 4.79 Å². The number of alkyl carbamates (subject to hydrolysis) is 1. The minimum absolute atomic E-state index is 0.0102. The van der Waals surface area contributed by atoms with Crippen LogP contribution in [0.25, 0.3) is 0 Å². The van der Waals surface area contributed by atoms with Crippen molar-refractivity contribution >= 4 is 18.3 Å². The number of hydrogen-bond donors (Lipinski definition) is 5. The molecule has 0 heterocycles. The number of ether oxygens (including phenoxy) is 2. The number of nitrogens with one attached hydrogen (secondary N) is 1. The largest absolute Gasteiger partial charge is 0.461 e. The van der Waals surface area contributed by atoms with Crippen LogP contribution < -0.4 is 5.32 Å². The number of carbonyl (C=O) groups excluding carboxylic acids is 3. The molecule has 0 aliphatic heterocycles. The molecule has 0 spiro atoms. The number of aldehydes is 1. The molecule has 0 aliphatic carbocycles. The smallest absolute Gasteiger partial charge is 0.408 e. The van der Waals surface area contributed by atoms with Crippen molar-refractivity contribution in [3.63, 3.8) is 0 Å². The Morgan fingerprint density at radius 1 is 1.07 bits per heavy atom. The summed E-state index contributed by atoms with van der Waals surface area (Å²) in [6.07, 6.45) is -8.38. The summed E-state index contributed by atoms with van der Waals surface area (Å²) >= 11 is 0. The van der Waals surface area contributed by atoms with Crippen molar-refractivity contribution in [2.45, 2.75) is 44.0 Å². The van der Waals surface area contributed by atoms with E-state index in [0.717, 1.165) is 5.56 Å². The summed E-state index contributed by atoms with van der Waals surface area (Å²) in [7, 11) is 0. The Labute approximate surface area is 155 Å². The highest BCUT2D eigenvalue weighted by molar-refractivity contribution is 5.80. The summed E-state index contributed by atoms with van der Waals surface area (Å²) in [5.41, 5.74) is 0.760. The minimum Gasteiger partial charge on any atom is -0.461 e. The van der Waals surface area contributed by atoms with Crippen LogP contribution in [-0.4, -0.2) is 75.8 Å². The zero-order valence-electron chi connectivity index (χ0n) is 14.6. The highest BCUT2D eigenvalue weighted by Gasteiger charge is 2.31. The molecule has 27 heavy (non-hydrogen) atoms. The highest BCUT2D eigenvalue weighted by atomic mass is 16.6. The lowest BCUT2D eigenvalue weighted by Crippen LogP contribution is -2.47. The van der Waals surface area contributed by atoms with Gasteiger partial charge in [0.05, 0.1) is 0 Å². The molecule has 0 fully saturated rings. The number of carbonyl (C=O) groups is 3. The summed E-state index contributed by atoms with van der Waals surface area (Å²) in [6, 6.07) is 7.78. The van der Waals surface area contributed by atoms with Gasteiger partial charge in [-0.25, -0.2) is 9.59 Å². The molecule has 0 saturated carbocycles. The predicted molar refractivity (Wildman–Crippen MR) is 90.3 cm³/mol. The van der Waals surface area contributed by atoms with E-state index in [1.54, 1.807) is 24.3 Å². The Hall–Kier alpha value is -2.53.